The van der Waals surface area contributed by atoms with Crippen LogP contribution in [0.25, 0.3) is 6.08 Å². The number of aromatic nitrogens is 4. The smallest absolute Gasteiger partial charge is 0.246 e. The number of aryl methyl sites for hydroxylation is 1. The number of hydrogen-bond acceptors (Lipinski definition) is 4. The van der Waals surface area contributed by atoms with Crippen LogP contribution in [0.1, 0.15) is 24.6 Å². The molecule has 0 saturated heterocycles. The van der Waals surface area contributed by atoms with Crippen LogP contribution >= 0.6 is 0 Å². The van der Waals surface area contributed by atoms with Gasteiger partial charge >= 0.3 is 0 Å². The minimum atomic E-state index is -0.594. The second-order valence-electron chi connectivity index (χ2n) is 5.87. The number of aliphatic hydroxyl groups excluding tert-OH is 1. The maximum Gasteiger partial charge on any atom is 0.246 e. The largest absolute Gasteiger partial charge is 0.389 e. The summed E-state index contributed by atoms with van der Waals surface area (Å²) in [6.07, 6.45) is 11.2. The summed E-state index contributed by atoms with van der Waals surface area (Å²) in [5.74, 6) is -0.124. The summed E-state index contributed by atoms with van der Waals surface area (Å²) in [6.45, 7) is 0. The van der Waals surface area contributed by atoms with Gasteiger partial charge in [-0.25, -0.2) is 4.98 Å². The van der Waals surface area contributed by atoms with Crippen molar-refractivity contribution in [3.8, 4) is 0 Å². The summed E-state index contributed by atoms with van der Waals surface area (Å²) < 4.78 is 3.61. The molecule has 3 atom stereocenters. The minimum absolute atomic E-state index is 0.0289. The van der Waals surface area contributed by atoms with Gasteiger partial charge in [-0.05, 0) is 25.0 Å². The molecule has 1 amide bonds. The first kappa shape index (κ1) is 15.5. The Morgan fingerprint density at radius 3 is 2.91 bits per heavy atom. The van der Waals surface area contributed by atoms with E-state index in [9.17, 15) is 9.90 Å². The van der Waals surface area contributed by atoms with Gasteiger partial charge in [-0.2, -0.15) is 5.10 Å². The molecule has 23 heavy (non-hydrogen) atoms. The van der Waals surface area contributed by atoms with Crippen molar-refractivity contribution in [2.24, 2.45) is 7.05 Å². The van der Waals surface area contributed by atoms with E-state index in [1.54, 1.807) is 41.4 Å². The highest BCUT2D eigenvalue weighted by atomic mass is 16.3. The molecule has 0 aromatic carbocycles. The Balaban J connectivity index is 1.66. The molecule has 1 N–H and O–H groups in total. The molecule has 7 heteroatoms. The number of aliphatic hydroxyl groups is 1. The molecule has 0 unspecified atom stereocenters. The van der Waals surface area contributed by atoms with Gasteiger partial charge in [0.15, 0.2) is 0 Å². The Morgan fingerprint density at radius 2 is 2.26 bits per heavy atom. The lowest BCUT2D eigenvalue weighted by Crippen LogP contribution is -2.42. The van der Waals surface area contributed by atoms with Crippen LogP contribution in [0.2, 0.25) is 0 Å². The van der Waals surface area contributed by atoms with E-state index in [2.05, 4.69) is 10.1 Å². The summed E-state index contributed by atoms with van der Waals surface area (Å²) in [4.78, 5) is 18.0. The number of imidazole rings is 1. The highest BCUT2D eigenvalue weighted by Gasteiger charge is 2.39. The van der Waals surface area contributed by atoms with Crippen LogP contribution in [0.15, 0.2) is 37.1 Å². The van der Waals surface area contributed by atoms with E-state index in [1.807, 2.05) is 23.9 Å². The number of carbonyl (C=O) groups is 1. The van der Waals surface area contributed by atoms with Gasteiger partial charge in [-0.1, -0.05) is 0 Å². The van der Waals surface area contributed by atoms with Crippen LogP contribution in [0, 0.1) is 0 Å². The van der Waals surface area contributed by atoms with Gasteiger partial charge < -0.3 is 14.6 Å². The average Bonchev–Trinajstić information content (AvgIpc) is 3.25. The SMILES string of the molecule is CN(C(=O)C=Cc1ccnn1C)[C@@H]1CC[C@@H](n2ccnc2)[C@@H]1O. The molecule has 1 aliphatic carbocycles. The summed E-state index contributed by atoms with van der Waals surface area (Å²) >= 11 is 0. The first-order chi connectivity index (χ1) is 11.1. The van der Waals surface area contributed by atoms with E-state index in [4.69, 9.17) is 0 Å². The molecule has 2 aromatic heterocycles. The highest BCUT2D eigenvalue weighted by molar-refractivity contribution is 5.91. The number of nitrogens with zero attached hydrogens (tertiary/aromatic N) is 5. The fourth-order valence-electron chi connectivity index (χ4n) is 3.14. The molecule has 0 bridgehead atoms. The molecule has 2 aromatic rings. The zero-order chi connectivity index (χ0) is 16.4. The topological polar surface area (TPSA) is 76.2 Å². The number of likely N-dealkylation sites (N-methyl/N-ethyl adjacent to an activating group) is 1. The van der Waals surface area contributed by atoms with Gasteiger partial charge in [0.2, 0.25) is 5.91 Å². The van der Waals surface area contributed by atoms with Gasteiger partial charge in [0.05, 0.1) is 30.2 Å². The molecule has 1 saturated carbocycles. The third kappa shape index (κ3) is 3.05. The maximum atomic E-state index is 12.4. The lowest BCUT2D eigenvalue weighted by atomic mass is 10.1. The number of hydrogen-bond donors (Lipinski definition) is 1. The Kier molecular flexibility index (Phi) is 4.29. The van der Waals surface area contributed by atoms with Crippen LogP contribution in [0.4, 0.5) is 0 Å². The standard InChI is InChI=1S/C16H21N5O2/c1-19(15(22)6-3-12-7-8-18-20(12)2)13-4-5-14(16(13)23)21-10-9-17-11-21/h3,6-11,13-14,16,23H,4-5H2,1-2H3/t13-,14-,16-/m1/s1. The minimum Gasteiger partial charge on any atom is -0.389 e. The number of rotatable bonds is 4. The van der Waals surface area contributed by atoms with Crippen molar-refractivity contribution in [2.45, 2.75) is 31.0 Å². The number of amides is 1. The molecule has 1 aliphatic rings. The third-order valence-corrected chi connectivity index (χ3v) is 4.56. The second kappa shape index (κ2) is 6.37. The Hall–Kier alpha value is -2.41. The zero-order valence-electron chi connectivity index (χ0n) is 13.3. The highest BCUT2D eigenvalue weighted by Crippen LogP contribution is 2.33. The Bertz CT molecular complexity index is 691. The van der Waals surface area contributed by atoms with Crippen LogP contribution in [-0.4, -0.2) is 54.4 Å². The van der Waals surface area contributed by atoms with Gasteiger partial charge in [0.1, 0.15) is 0 Å². The molecular weight excluding hydrogens is 294 g/mol. The first-order valence-electron chi connectivity index (χ1n) is 7.66. The molecule has 2 heterocycles. The van der Waals surface area contributed by atoms with Crippen LogP contribution in [0.3, 0.4) is 0 Å². The van der Waals surface area contributed by atoms with E-state index >= 15 is 0 Å². The van der Waals surface area contributed by atoms with Crippen LogP contribution in [0.5, 0.6) is 0 Å². The molecule has 1 fully saturated rings. The Morgan fingerprint density at radius 1 is 1.43 bits per heavy atom. The normalized spacial score (nSPS) is 24.4. The van der Waals surface area contributed by atoms with Crippen LogP contribution < -0.4 is 0 Å². The van der Waals surface area contributed by atoms with Gasteiger partial charge in [-0.15, -0.1) is 0 Å². The van der Waals surface area contributed by atoms with Crippen molar-refractivity contribution in [1.82, 2.24) is 24.2 Å². The van der Waals surface area contributed by atoms with Crippen molar-refractivity contribution in [3.05, 3.63) is 42.8 Å². The van der Waals surface area contributed by atoms with Crippen LogP contribution in [-0.2, 0) is 11.8 Å². The van der Waals surface area contributed by atoms with Crippen molar-refractivity contribution in [2.75, 3.05) is 7.05 Å². The van der Waals surface area contributed by atoms with E-state index < -0.39 is 6.10 Å². The van der Waals surface area contributed by atoms with E-state index in [-0.39, 0.29) is 18.0 Å². The summed E-state index contributed by atoms with van der Waals surface area (Å²) in [7, 11) is 3.56. The van der Waals surface area contributed by atoms with Gasteiger partial charge in [0, 0.05) is 38.8 Å². The first-order valence-corrected chi connectivity index (χ1v) is 7.66. The van der Waals surface area contributed by atoms with Gasteiger partial charge in [0.25, 0.3) is 0 Å². The monoisotopic (exact) mass is 315 g/mol. The second-order valence-corrected chi connectivity index (χ2v) is 5.87. The summed E-state index contributed by atoms with van der Waals surface area (Å²) in [6, 6.07) is 1.62. The Labute approximate surface area is 134 Å². The molecule has 122 valence electrons. The summed E-state index contributed by atoms with van der Waals surface area (Å²) in [5.41, 5.74) is 0.856. The third-order valence-electron chi connectivity index (χ3n) is 4.56. The van der Waals surface area contributed by atoms with E-state index in [0.29, 0.717) is 0 Å². The molecule has 0 spiro atoms. The number of carbonyl (C=O) groups excluding carboxylic acids is 1. The maximum absolute atomic E-state index is 12.4. The van der Waals surface area contributed by atoms with Gasteiger partial charge in [-0.3, -0.25) is 9.48 Å². The fraction of sp³-hybridized carbons (Fsp3) is 0.438. The molecule has 3 rings (SSSR count). The van der Waals surface area contributed by atoms with E-state index in [0.717, 1.165) is 18.5 Å². The molecule has 0 radical (unpaired) electrons. The predicted molar refractivity (Wildman–Crippen MR) is 85.3 cm³/mol. The van der Waals surface area contributed by atoms with Crippen molar-refractivity contribution < 1.29 is 9.90 Å². The predicted octanol–water partition coefficient (Wildman–Crippen LogP) is 0.853. The molecule has 0 aliphatic heterocycles. The average molecular weight is 315 g/mol. The quantitative estimate of drug-likeness (QED) is 0.849. The van der Waals surface area contributed by atoms with Crippen molar-refractivity contribution in [3.63, 3.8) is 0 Å². The van der Waals surface area contributed by atoms with Crippen molar-refractivity contribution in [1.29, 1.82) is 0 Å². The van der Waals surface area contributed by atoms with Crippen molar-refractivity contribution >= 4 is 12.0 Å². The zero-order valence-corrected chi connectivity index (χ0v) is 13.3. The lowest BCUT2D eigenvalue weighted by Gasteiger charge is -2.28. The van der Waals surface area contributed by atoms with E-state index in [1.165, 1.54) is 6.08 Å². The lowest BCUT2D eigenvalue weighted by molar-refractivity contribution is -0.128. The summed E-state index contributed by atoms with van der Waals surface area (Å²) in [5, 5.41) is 14.6. The molecular formula is C16H21N5O2. The fourth-order valence-corrected chi connectivity index (χ4v) is 3.14. The molecule has 7 nitrogen and oxygen atoms in total.